The van der Waals surface area contributed by atoms with Crippen LogP contribution in [-0.4, -0.2) is 69.3 Å². The fourth-order valence-electron chi connectivity index (χ4n) is 2.88. The first-order valence-electron chi connectivity index (χ1n) is 8.59. The molecule has 1 fully saturated rings. The van der Waals surface area contributed by atoms with Gasteiger partial charge in [0.2, 0.25) is 0 Å². The van der Waals surface area contributed by atoms with Crippen LogP contribution in [0.4, 0.5) is 5.69 Å². The van der Waals surface area contributed by atoms with Crippen LogP contribution < -0.4 is 20.1 Å². The van der Waals surface area contributed by atoms with Crippen LogP contribution >= 0.6 is 11.8 Å². The molecule has 1 saturated heterocycles. The second-order valence-electron chi connectivity index (χ2n) is 5.90. The van der Waals surface area contributed by atoms with Gasteiger partial charge in [-0.25, -0.2) is 0 Å². The summed E-state index contributed by atoms with van der Waals surface area (Å²) >= 11 is 1.58. The minimum absolute atomic E-state index is 0.111. The lowest BCUT2D eigenvalue weighted by Gasteiger charge is -2.35. The predicted octanol–water partition coefficient (Wildman–Crippen LogP) is 1.51. The van der Waals surface area contributed by atoms with E-state index in [-0.39, 0.29) is 11.4 Å². The van der Waals surface area contributed by atoms with Gasteiger partial charge in [0.15, 0.2) is 17.0 Å². The maximum atomic E-state index is 12.9. The molecule has 0 aromatic heterocycles. The van der Waals surface area contributed by atoms with Crippen molar-refractivity contribution in [1.82, 2.24) is 10.2 Å². The van der Waals surface area contributed by atoms with Crippen molar-refractivity contribution in [2.24, 2.45) is 4.99 Å². The smallest absolute Gasteiger partial charge is 0.260 e. The van der Waals surface area contributed by atoms with E-state index in [2.05, 4.69) is 20.5 Å². The fraction of sp³-hybridized carbons (Fsp3) is 0.444. The first-order chi connectivity index (χ1) is 13.2. The molecule has 1 aromatic carbocycles. The second-order valence-corrected chi connectivity index (χ2v) is 6.81. The van der Waals surface area contributed by atoms with Crippen LogP contribution in [0.3, 0.4) is 0 Å². The molecule has 1 amide bonds. The summed E-state index contributed by atoms with van der Waals surface area (Å²) in [4.78, 5) is 19.5. The summed E-state index contributed by atoms with van der Waals surface area (Å²) in [5.41, 5.74) is 1.00. The van der Waals surface area contributed by atoms with E-state index in [9.17, 15) is 4.79 Å². The number of hydrogen-bond acceptors (Lipinski definition) is 8. The minimum Gasteiger partial charge on any atom is -0.493 e. The highest BCUT2D eigenvalue weighted by molar-refractivity contribution is 7.99. The first-order valence-corrected chi connectivity index (χ1v) is 9.88. The van der Waals surface area contributed by atoms with Crippen molar-refractivity contribution in [3.8, 4) is 11.5 Å². The molecule has 1 unspecified atom stereocenters. The van der Waals surface area contributed by atoms with Gasteiger partial charge in [0.25, 0.3) is 5.91 Å². The number of hydrogen-bond donors (Lipinski definition) is 2. The fourth-order valence-corrected chi connectivity index (χ4v) is 3.29. The highest BCUT2D eigenvalue weighted by Gasteiger charge is 2.26. The Morgan fingerprint density at radius 3 is 2.70 bits per heavy atom. The van der Waals surface area contributed by atoms with E-state index in [0.29, 0.717) is 36.0 Å². The highest BCUT2D eigenvalue weighted by Crippen LogP contribution is 2.30. The molecule has 27 heavy (non-hydrogen) atoms. The van der Waals surface area contributed by atoms with Gasteiger partial charge in [-0.2, -0.15) is 0 Å². The Morgan fingerprint density at radius 1 is 1.30 bits per heavy atom. The largest absolute Gasteiger partial charge is 0.493 e. The van der Waals surface area contributed by atoms with E-state index < -0.39 is 0 Å². The number of methoxy groups -OCH3 is 2. The van der Waals surface area contributed by atoms with Gasteiger partial charge in [-0.1, -0.05) is 0 Å². The zero-order valence-electron chi connectivity index (χ0n) is 15.7. The number of morpholine rings is 1. The molecule has 0 aliphatic carbocycles. The van der Waals surface area contributed by atoms with Gasteiger partial charge in [0.1, 0.15) is 5.82 Å². The summed E-state index contributed by atoms with van der Waals surface area (Å²) in [6.45, 7) is 2.72. The summed E-state index contributed by atoms with van der Waals surface area (Å²) in [5, 5.41) is 6.25. The summed E-state index contributed by atoms with van der Waals surface area (Å²) in [7, 11) is 3.13. The molecule has 2 N–H and O–H groups in total. The maximum Gasteiger partial charge on any atom is 0.260 e. The molecule has 3 rings (SSSR count). The molecule has 9 heteroatoms. The third kappa shape index (κ3) is 4.48. The molecule has 0 radical (unpaired) electrons. The number of benzene rings is 1. The van der Waals surface area contributed by atoms with E-state index in [4.69, 9.17) is 14.2 Å². The van der Waals surface area contributed by atoms with Gasteiger partial charge >= 0.3 is 0 Å². The summed E-state index contributed by atoms with van der Waals surface area (Å²) in [5.74, 6) is 1.70. The SMILES string of the molecule is COc1ccc(NC(=O)C2=C(N3CCOCC3)NC(SC)N=C2)cc1OC. The van der Waals surface area contributed by atoms with Crippen LogP contribution in [0.2, 0.25) is 0 Å². The molecule has 2 heterocycles. The Balaban J connectivity index is 1.84. The molecule has 0 saturated carbocycles. The number of carbonyl (C=O) groups excluding carboxylic acids is 1. The van der Waals surface area contributed by atoms with E-state index >= 15 is 0 Å². The minimum atomic E-state index is -0.237. The lowest BCUT2D eigenvalue weighted by atomic mass is 10.2. The maximum absolute atomic E-state index is 12.9. The quantitative estimate of drug-likeness (QED) is 0.759. The molecule has 0 spiro atoms. The molecular formula is C18H24N4O4S. The van der Waals surface area contributed by atoms with E-state index in [0.717, 1.165) is 18.9 Å². The molecule has 146 valence electrons. The van der Waals surface area contributed by atoms with E-state index in [1.807, 2.05) is 6.26 Å². The van der Waals surface area contributed by atoms with Crippen molar-refractivity contribution in [2.45, 2.75) is 5.50 Å². The van der Waals surface area contributed by atoms with Gasteiger partial charge in [-0.3, -0.25) is 9.79 Å². The van der Waals surface area contributed by atoms with Crippen LogP contribution in [0.5, 0.6) is 11.5 Å². The molecule has 1 atom stereocenters. The Hall–Kier alpha value is -2.39. The third-order valence-electron chi connectivity index (χ3n) is 4.29. The van der Waals surface area contributed by atoms with Crippen molar-refractivity contribution >= 4 is 29.6 Å². The number of thioether (sulfide) groups is 1. The van der Waals surface area contributed by atoms with Gasteiger partial charge in [0, 0.05) is 31.1 Å². The molecule has 8 nitrogen and oxygen atoms in total. The van der Waals surface area contributed by atoms with Gasteiger partial charge in [-0.05, 0) is 18.4 Å². The average Bonchev–Trinajstić information content (AvgIpc) is 2.73. The normalized spacial score (nSPS) is 19.5. The summed E-state index contributed by atoms with van der Waals surface area (Å²) in [6, 6.07) is 5.25. The number of nitrogens with one attached hydrogen (secondary N) is 2. The lowest BCUT2D eigenvalue weighted by molar-refractivity contribution is -0.112. The van der Waals surface area contributed by atoms with Crippen molar-refractivity contribution in [3.63, 3.8) is 0 Å². The van der Waals surface area contributed by atoms with Crippen molar-refractivity contribution < 1.29 is 19.0 Å². The van der Waals surface area contributed by atoms with Crippen molar-refractivity contribution in [1.29, 1.82) is 0 Å². The average molecular weight is 392 g/mol. The monoisotopic (exact) mass is 392 g/mol. The number of rotatable bonds is 6. The molecule has 2 aliphatic heterocycles. The Labute approximate surface area is 162 Å². The Kier molecular flexibility index (Phi) is 6.46. The molecular weight excluding hydrogens is 368 g/mol. The first kappa shape index (κ1) is 19.4. The van der Waals surface area contributed by atoms with E-state index in [1.54, 1.807) is 50.4 Å². The van der Waals surface area contributed by atoms with Gasteiger partial charge in [0.05, 0.1) is 33.0 Å². The Morgan fingerprint density at radius 2 is 2.04 bits per heavy atom. The molecule has 1 aromatic rings. The summed E-state index contributed by atoms with van der Waals surface area (Å²) in [6.07, 6.45) is 3.61. The number of nitrogens with zero attached hydrogens (tertiary/aromatic N) is 2. The van der Waals surface area contributed by atoms with Gasteiger partial charge < -0.3 is 29.7 Å². The van der Waals surface area contributed by atoms with Crippen LogP contribution in [0.15, 0.2) is 34.6 Å². The van der Waals surface area contributed by atoms with Crippen LogP contribution in [0.25, 0.3) is 0 Å². The van der Waals surface area contributed by atoms with E-state index in [1.165, 1.54) is 0 Å². The van der Waals surface area contributed by atoms with Crippen molar-refractivity contribution in [3.05, 3.63) is 29.6 Å². The number of carbonyl (C=O) groups is 1. The lowest BCUT2D eigenvalue weighted by Crippen LogP contribution is -2.45. The van der Waals surface area contributed by atoms with Crippen LogP contribution in [0.1, 0.15) is 0 Å². The van der Waals surface area contributed by atoms with Crippen LogP contribution in [-0.2, 0) is 9.53 Å². The molecule has 0 bridgehead atoms. The Bertz CT molecular complexity index is 747. The highest BCUT2D eigenvalue weighted by atomic mass is 32.2. The third-order valence-corrected chi connectivity index (χ3v) is 4.98. The number of anilines is 1. The topological polar surface area (TPSA) is 84.4 Å². The van der Waals surface area contributed by atoms with Crippen molar-refractivity contribution in [2.75, 3.05) is 52.1 Å². The standard InChI is InChI=1S/C18H24N4O4S/c1-24-14-5-4-12(10-15(14)25-2)20-17(23)13-11-19-18(27-3)21-16(13)22-6-8-26-9-7-22/h4-5,10-11,18,21H,6-9H2,1-3H3,(H,20,23). The number of amides is 1. The predicted molar refractivity (Wildman–Crippen MR) is 107 cm³/mol. The summed E-state index contributed by atoms with van der Waals surface area (Å²) < 4.78 is 16.0. The second kappa shape index (κ2) is 9.01. The number of ether oxygens (including phenoxy) is 3. The zero-order valence-corrected chi connectivity index (χ0v) is 16.5. The molecule has 2 aliphatic rings. The zero-order chi connectivity index (χ0) is 19.2. The number of aliphatic imine (C=N–C) groups is 1. The van der Waals surface area contributed by atoms with Gasteiger partial charge in [-0.15, -0.1) is 11.8 Å². The van der Waals surface area contributed by atoms with Crippen LogP contribution in [0, 0.1) is 0 Å².